The molecular formula is C52H65N13O5. The molecule has 18 nitrogen and oxygen atoms in total. The lowest BCUT2D eigenvalue weighted by Gasteiger charge is -2.45. The highest BCUT2D eigenvalue weighted by Crippen LogP contribution is 2.37. The fourth-order valence-electron chi connectivity index (χ4n) is 10.7. The van der Waals surface area contributed by atoms with E-state index in [2.05, 4.69) is 71.1 Å². The van der Waals surface area contributed by atoms with E-state index in [1.165, 1.54) is 0 Å². The van der Waals surface area contributed by atoms with Gasteiger partial charge in [0, 0.05) is 125 Å². The zero-order valence-corrected chi connectivity index (χ0v) is 40.3. The van der Waals surface area contributed by atoms with Gasteiger partial charge in [-0.15, -0.1) is 0 Å². The van der Waals surface area contributed by atoms with Crippen molar-refractivity contribution in [1.29, 1.82) is 0 Å². The molecule has 2 aromatic carbocycles. The Kier molecular flexibility index (Phi) is 14.5. The molecule has 3 saturated heterocycles. The highest BCUT2D eigenvalue weighted by molar-refractivity contribution is 5.86. The molecule has 11 rings (SSSR count). The van der Waals surface area contributed by atoms with Crippen LogP contribution in [0.2, 0.25) is 0 Å². The Labute approximate surface area is 409 Å². The lowest BCUT2D eigenvalue weighted by atomic mass is 9.91. The van der Waals surface area contributed by atoms with Gasteiger partial charge in [-0.05, 0) is 81.5 Å². The summed E-state index contributed by atoms with van der Waals surface area (Å²) in [6, 6.07) is 11.0. The molecular weight excluding hydrogens is 887 g/mol. The van der Waals surface area contributed by atoms with Crippen molar-refractivity contribution in [3.05, 3.63) is 85.1 Å². The van der Waals surface area contributed by atoms with Gasteiger partial charge in [-0.1, -0.05) is 6.92 Å². The zero-order chi connectivity index (χ0) is 47.1. The van der Waals surface area contributed by atoms with Gasteiger partial charge in [0.2, 0.25) is 5.95 Å². The maximum absolute atomic E-state index is 6.89. The summed E-state index contributed by atoms with van der Waals surface area (Å²) < 4.78 is 31.8. The maximum atomic E-state index is 6.89. The van der Waals surface area contributed by atoms with Crippen LogP contribution in [0.4, 0.5) is 23.1 Å². The molecule has 0 amide bonds. The third-order valence-electron chi connectivity index (χ3n) is 14.6. The lowest BCUT2D eigenvalue weighted by molar-refractivity contribution is 0.0258. The second-order valence-corrected chi connectivity index (χ2v) is 19.1. The molecule has 2 aliphatic carbocycles. The van der Waals surface area contributed by atoms with Crippen LogP contribution in [-0.4, -0.2) is 154 Å². The average Bonchev–Trinajstić information content (AvgIpc) is 3.42. The van der Waals surface area contributed by atoms with Crippen molar-refractivity contribution in [2.45, 2.75) is 102 Å². The van der Waals surface area contributed by atoms with Crippen molar-refractivity contribution in [3.63, 3.8) is 0 Å². The smallest absolute Gasteiger partial charge is 0.227 e. The number of nitrogens with one attached hydrogen (secondary N) is 1. The molecule has 4 aromatic heterocycles. The van der Waals surface area contributed by atoms with Crippen molar-refractivity contribution in [1.82, 2.24) is 44.8 Å². The van der Waals surface area contributed by atoms with Crippen LogP contribution in [0.5, 0.6) is 11.5 Å². The van der Waals surface area contributed by atoms with Gasteiger partial charge in [0.25, 0.3) is 0 Å². The Morgan fingerprint density at radius 3 is 1.90 bits per heavy atom. The number of fused-ring (bicyclic) bond motifs is 2. The molecule has 18 heteroatoms. The van der Waals surface area contributed by atoms with Crippen molar-refractivity contribution in [2.24, 2.45) is 0 Å². The number of nitrogens with zero attached hydrogens (tertiary/aromatic N) is 12. The van der Waals surface area contributed by atoms with Gasteiger partial charge in [-0.2, -0.15) is 0 Å². The van der Waals surface area contributed by atoms with E-state index in [0.717, 1.165) is 179 Å². The van der Waals surface area contributed by atoms with Gasteiger partial charge < -0.3 is 43.7 Å². The number of morpholine rings is 3. The third kappa shape index (κ3) is 10.9. The number of ether oxygens (including phenoxy) is 5. The summed E-state index contributed by atoms with van der Waals surface area (Å²) in [5.74, 6) is 3.99. The Balaban J connectivity index is 0.804. The minimum atomic E-state index is -0.298. The number of hydrogen-bond acceptors (Lipinski definition) is 18. The molecule has 1 atom stereocenters. The molecule has 1 N–H and O–H groups in total. The standard InChI is InChI=1S/C52H65N13O5/c1-2-47-55-13-11-48(61-47)60-37-3-7-41(8-4-37)69-46-32-40(30-44-51(46)57-17-15-54-44)64-23-28-68-49(35-64)65(52-58-33-36(34-59-52)12-18-62-19-24-66-25-20-62)38-5-9-42(10-6-38)70-45-31-39(63-21-26-67-27-22-63)29-43-50(45)56-16-14-53-43/h11,13-17,29-34,37-38,41-42,49H,2-10,12,18-28,35H2,1H3,(H,55,60,61)/t37-,38-,41+,42+,49?. The quantitative estimate of drug-likeness (QED) is 0.122. The van der Waals surface area contributed by atoms with E-state index in [9.17, 15) is 0 Å². The summed E-state index contributed by atoms with van der Waals surface area (Å²) in [6.45, 7) is 11.5. The minimum absolute atomic E-state index is 0.0198. The molecule has 7 heterocycles. The zero-order valence-electron chi connectivity index (χ0n) is 40.3. The summed E-state index contributed by atoms with van der Waals surface area (Å²) in [5, 5.41) is 3.64. The second-order valence-electron chi connectivity index (χ2n) is 19.1. The molecule has 70 heavy (non-hydrogen) atoms. The first-order valence-corrected chi connectivity index (χ1v) is 25.6. The Morgan fingerprint density at radius 1 is 0.643 bits per heavy atom. The average molecular weight is 952 g/mol. The monoisotopic (exact) mass is 952 g/mol. The van der Waals surface area contributed by atoms with Gasteiger partial charge in [-0.3, -0.25) is 14.9 Å². The first kappa shape index (κ1) is 46.3. The molecule has 1 unspecified atom stereocenters. The number of aromatic nitrogens is 8. The van der Waals surface area contributed by atoms with Crippen LogP contribution in [-0.2, 0) is 27.1 Å². The Morgan fingerprint density at radius 2 is 1.24 bits per heavy atom. The first-order chi connectivity index (χ1) is 34.6. The molecule has 0 radical (unpaired) electrons. The van der Waals surface area contributed by atoms with Crippen molar-refractivity contribution in [3.8, 4) is 11.5 Å². The topological polar surface area (TPSA) is 174 Å². The van der Waals surface area contributed by atoms with Crippen LogP contribution >= 0.6 is 0 Å². The fourth-order valence-corrected chi connectivity index (χ4v) is 10.7. The van der Waals surface area contributed by atoms with Crippen LogP contribution in [0.1, 0.15) is 69.7 Å². The second kappa shape index (κ2) is 21.9. The molecule has 6 aromatic rings. The largest absolute Gasteiger partial charge is 0.488 e. The van der Waals surface area contributed by atoms with Crippen molar-refractivity contribution >= 4 is 45.2 Å². The van der Waals surface area contributed by atoms with E-state index >= 15 is 0 Å². The molecule has 5 fully saturated rings. The van der Waals surface area contributed by atoms with Gasteiger partial charge in [0.1, 0.15) is 40.4 Å². The Hall–Kier alpha value is -6.08. The number of rotatable bonds is 15. The number of hydrogen-bond donors (Lipinski definition) is 1. The van der Waals surface area contributed by atoms with Gasteiger partial charge in [0.05, 0.1) is 62.8 Å². The number of benzene rings is 2. The van der Waals surface area contributed by atoms with Gasteiger partial charge in [0.15, 0.2) is 0 Å². The van der Waals surface area contributed by atoms with Crippen LogP contribution in [0.3, 0.4) is 0 Å². The summed E-state index contributed by atoms with van der Waals surface area (Å²) in [7, 11) is 0. The Bertz CT molecular complexity index is 2650. The minimum Gasteiger partial charge on any atom is -0.488 e. The predicted molar refractivity (Wildman–Crippen MR) is 268 cm³/mol. The van der Waals surface area contributed by atoms with Crippen molar-refractivity contribution < 1.29 is 23.7 Å². The maximum Gasteiger partial charge on any atom is 0.227 e. The predicted octanol–water partition coefficient (Wildman–Crippen LogP) is 6.29. The molecule has 5 aliphatic rings. The molecule has 0 bridgehead atoms. The molecule has 2 saturated carbocycles. The van der Waals surface area contributed by atoms with E-state index in [-0.39, 0.29) is 24.5 Å². The summed E-state index contributed by atoms with van der Waals surface area (Å²) in [4.78, 5) is 47.7. The van der Waals surface area contributed by atoms with E-state index < -0.39 is 0 Å². The molecule has 0 spiro atoms. The number of anilines is 4. The molecule has 368 valence electrons. The fraction of sp³-hybridized carbons (Fsp3) is 0.538. The van der Waals surface area contributed by atoms with Crippen LogP contribution in [0.25, 0.3) is 22.1 Å². The first-order valence-electron chi connectivity index (χ1n) is 25.6. The van der Waals surface area contributed by atoms with E-state index in [0.29, 0.717) is 38.4 Å². The van der Waals surface area contributed by atoms with Crippen molar-refractivity contribution in [2.75, 3.05) is 98.9 Å². The van der Waals surface area contributed by atoms with Gasteiger partial charge >= 0.3 is 0 Å². The lowest BCUT2D eigenvalue weighted by Crippen LogP contribution is -2.56. The summed E-state index contributed by atoms with van der Waals surface area (Å²) in [6.07, 6.45) is 21.7. The van der Waals surface area contributed by atoms with Gasteiger partial charge in [-0.25, -0.2) is 29.9 Å². The van der Waals surface area contributed by atoms with Crippen LogP contribution in [0.15, 0.2) is 73.7 Å². The number of aryl methyl sites for hydroxylation is 1. The summed E-state index contributed by atoms with van der Waals surface area (Å²) in [5.41, 5.74) is 6.47. The van der Waals surface area contributed by atoms with Crippen LogP contribution in [0, 0.1) is 0 Å². The third-order valence-corrected chi connectivity index (χ3v) is 14.6. The highest BCUT2D eigenvalue weighted by Gasteiger charge is 2.37. The summed E-state index contributed by atoms with van der Waals surface area (Å²) >= 11 is 0. The van der Waals surface area contributed by atoms with E-state index in [1.54, 1.807) is 24.8 Å². The highest BCUT2D eigenvalue weighted by atomic mass is 16.5. The van der Waals surface area contributed by atoms with Crippen LogP contribution < -0.4 is 29.5 Å². The van der Waals surface area contributed by atoms with E-state index in [1.807, 2.05) is 24.7 Å². The molecule has 3 aliphatic heterocycles. The normalized spacial score (nSPS) is 23.6. The SMILES string of the molecule is CCc1nccc(N[C@H]2CC[C@@H](Oc3cc(N4CCOC(N(c5ncc(CCN6CCOCC6)cn5)[C@H]5CC[C@@H](Oc6cc(N7CCOCC7)cc7nccnc67)CC5)C4)cc4nccnc34)CC2)n1. The van der Waals surface area contributed by atoms with E-state index in [4.69, 9.17) is 48.6 Å².